The molecule has 1 aromatic heterocycles. The van der Waals surface area contributed by atoms with Gasteiger partial charge in [-0.05, 0) is 52.2 Å². The monoisotopic (exact) mass is 396 g/mol. The quantitative estimate of drug-likeness (QED) is 0.708. The molecule has 0 amide bonds. The van der Waals surface area contributed by atoms with E-state index in [-0.39, 0.29) is 17.0 Å². The van der Waals surface area contributed by atoms with Crippen LogP contribution >= 0.6 is 0 Å². The second kappa shape index (κ2) is 8.49. The molecule has 0 saturated carbocycles. The van der Waals surface area contributed by atoms with Crippen LogP contribution in [0.15, 0.2) is 36.5 Å². The molecule has 0 unspecified atom stereocenters. The Kier molecular flexibility index (Phi) is 6.22. The summed E-state index contributed by atoms with van der Waals surface area (Å²) in [6.45, 7) is 11.0. The number of hydrogen-bond acceptors (Lipinski definition) is 6. The van der Waals surface area contributed by atoms with Crippen LogP contribution in [0.3, 0.4) is 0 Å². The van der Waals surface area contributed by atoms with Crippen molar-refractivity contribution in [2.75, 3.05) is 5.32 Å². The molecule has 2 N–H and O–H groups in total. The first-order valence-corrected chi connectivity index (χ1v) is 10.3. The predicted molar refractivity (Wildman–Crippen MR) is 115 cm³/mol. The highest BCUT2D eigenvalue weighted by Crippen LogP contribution is 2.30. The van der Waals surface area contributed by atoms with Gasteiger partial charge < -0.3 is 15.4 Å². The van der Waals surface area contributed by atoms with Gasteiger partial charge in [-0.3, -0.25) is 4.79 Å². The third-order valence-electron chi connectivity index (χ3n) is 5.12. The van der Waals surface area contributed by atoms with Crippen molar-refractivity contribution in [2.45, 2.75) is 77.6 Å². The number of hydrogen-bond donors (Lipinski definition) is 2. The first-order valence-electron chi connectivity index (χ1n) is 10.3. The first kappa shape index (κ1) is 21.2. The zero-order valence-electron chi connectivity index (χ0n) is 18.1. The van der Waals surface area contributed by atoms with Gasteiger partial charge in [0.05, 0.1) is 5.69 Å². The lowest BCUT2D eigenvalue weighted by Crippen LogP contribution is -2.60. The molecule has 0 atom stereocenters. The molecule has 1 aromatic carbocycles. The van der Waals surface area contributed by atoms with Gasteiger partial charge in [0.25, 0.3) is 0 Å². The maximum absolute atomic E-state index is 11.3. The average Bonchev–Trinajstić information content (AvgIpc) is 2.64. The minimum Gasteiger partial charge on any atom is -0.461 e. The molecule has 2 aromatic rings. The third-order valence-corrected chi connectivity index (χ3v) is 5.12. The molecule has 1 aliphatic heterocycles. The fourth-order valence-electron chi connectivity index (χ4n) is 4.23. The second-order valence-corrected chi connectivity index (χ2v) is 9.12. The van der Waals surface area contributed by atoms with E-state index in [2.05, 4.69) is 43.3 Å². The number of benzene rings is 1. The number of esters is 1. The van der Waals surface area contributed by atoms with E-state index < -0.39 is 0 Å². The molecule has 2 heterocycles. The lowest BCUT2D eigenvalue weighted by atomic mass is 9.80. The smallest absolute Gasteiger partial charge is 0.305 e. The average molecular weight is 397 g/mol. The molecule has 29 heavy (non-hydrogen) atoms. The topological polar surface area (TPSA) is 76.1 Å². The molecule has 6 heteroatoms. The summed E-state index contributed by atoms with van der Waals surface area (Å²) in [5, 5.41) is 7.23. The zero-order valence-corrected chi connectivity index (χ0v) is 18.1. The number of ether oxygens (including phenoxy) is 1. The van der Waals surface area contributed by atoms with Gasteiger partial charge in [-0.2, -0.15) is 0 Å². The number of nitrogens with zero attached hydrogens (tertiary/aromatic N) is 2. The fraction of sp³-hybridized carbons (Fsp3) is 0.522. The van der Waals surface area contributed by atoms with Crippen LogP contribution in [0.25, 0.3) is 11.3 Å². The number of rotatable bonds is 6. The number of carbonyl (C=O) groups excluding carboxylic acids is 1. The molecule has 0 aliphatic carbocycles. The van der Waals surface area contributed by atoms with Gasteiger partial charge in [0.15, 0.2) is 0 Å². The summed E-state index contributed by atoms with van der Waals surface area (Å²) in [4.78, 5) is 20.5. The molecule has 1 saturated heterocycles. The van der Waals surface area contributed by atoms with Crippen molar-refractivity contribution in [3.63, 3.8) is 0 Å². The van der Waals surface area contributed by atoms with Crippen molar-refractivity contribution in [3.05, 3.63) is 42.1 Å². The number of carbonyl (C=O) groups is 1. The fourth-order valence-corrected chi connectivity index (χ4v) is 4.23. The van der Waals surface area contributed by atoms with Crippen LogP contribution in [-0.4, -0.2) is 33.1 Å². The van der Waals surface area contributed by atoms with E-state index in [4.69, 9.17) is 9.72 Å². The van der Waals surface area contributed by atoms with E-state index in [0.717, 1.165) is 29.7 Å². The van der Waals surface area contributed by atoms with Gasteiger partial charge in [-0.25, -0.2) is 9.97 Å². The zero-order chi connectivity index (χ0) is 21.1. The van der Waals surface area contributed by atoms with Gasteiger partial charge in [-0.1, -0.05) is 31.2 Å². The summed E-state index contributed by atoms with van der Waals surface area (Å²) in [6, 6.07) is 10.1. The Balaban J connectivity index is 1.69. The van der Waals surface area contributed by atoms with Crippen molar-refractivity contribution in [3.8, 4) is 11.3 Å². The van der Waals surface area contributed by atoms with E-state index in [1.165, 1.54) is 0 Å². The maximum Gasteiger partial charge on any atom is 0.305 e. The predicted octanol–water partition coefficient (Wildman–Crippen LogP) is 4.32. The summed E-state index contributed by atoms with van der Waals surface area (Å²) in [5.41, 5.74) is 2.96. The molecule has 3 rings (SSSR count). The van der Waals surface area contributed by atoms with Gasteiger partial charge in [0.2, 0.25) is 5.95 Å². The van der Waals surface area contributed by atoms with Crippen LogP contribution < -0.4 is 10.6 Å². The van der Waals surface area contributed by atoms with Gasteiger partial charge in [-0.15, -0.1) is 0 Å². The van der Waals surface area contributed by atoms with E-state index in [1.54, 1.807) is 13.1 Å². The van der Waals surface area contributed by atoms with Crippen LogP contribution in [0.4, 0.5) is 5.95 Å². The lowest BCUT2D eigenvalue weighted by Gasteiger charge is -2.46. The van der Waals surface area contributed by atoms with Crippen molar-refractivity contribution in [1.29, 1.82) is 0 Å². The molecule has 6 nitrogen and oxygen atoms in total. The van der Waals surface area contributed by atoms with E-state index in [1.807, 2.05) is 30.3 Å². The first-order chi connectivity index (χ1) is 13.7. The Morgan fingerprint density at radius 3 is 2.41 bits per heavy atom. The summed E-state index contributed by atoms with van der Waals surface area (Å²) in [5.74, 6) is 0.465. The summed E-state index contributed by atoms with van der Waals surface area (Å²) in [7, 11) is 0. The van der Waals surface area contributed by atoms with Crippen molar-refractivity contribution in [1.82, 2.24) is 15.3 Å². The summed E-state index contributed by atoms with van der Waals surface area (Å²) >= 11 is 0. The Hall–Kier alpha value is -2.47. The van der Waals surface area contributed by atoms with Gasteiger partial charge in [0, 0.05) is 35.3 Å². The van der Waals surface area contributed by atoms with Crippen LogP contribution in [0.2, 0.25) is 0 Å². The number of aromatic nitrogens is 2. The number of nitrogens with one attached hydrogen (secondary N) is 2. The molecule has 0 bridgehead atoms. The summed E-state index contributed by atoms with van der Waals surface area (Å²) in [6.07, 6.45) is 4.20. The third kappa shape index (κ3) is 6.00. The summed E-state index contributed by atoms with van der Waals surface area (Å²) < 4.78 is 5.18. The van der Waals surface area contributed by atoms with Gasteiger partial charge in [0.1, 0.15) is 6.61 Å². The Labute approximate surface area is 173 Å². The van der Waals surface area contributed by atoms with E-state index in [0.29, 0.717) is 25.0 Å². The van der Waals surface area contributed by atoms with Crippen LogP contribution in [-0.2, 0) is 16.1 Å². The Morgan fingerprint density at radius 2 is 1.79 bits per heavy atom. The maximum atomic E-state index is 11.3. The highest BCUT2D eigenvalue weighted by molar-refractivity contribution is 5.69. The molecular formula is C23H32N4O2. The molecule has 1 aliphatic rings. The normalized spacial score (nSPS) is 18.2. The minimum atomic E-state index is -0.190. The van der Waals surface area contributed by atoms with Crippen molar-refractivity contribution in [2.24, 2.45) is 0 Å². The molecule has 1 fully saturated rings. The second-order valence-electron chi connectivity index (χ2n) is 9.12. The van der Waals surface area contributed by atoms with Crippen LogP contribution in [0.5, 0.6) is 0 Å². The molecule has 0 radical (unpaired) electrons. The molecule has 0 spiro atoms. The van der Waals surface area contributed by atoms with E-state index >= 15 is 0 Å². The van der Waals surface area contributed by atoms with E-state index in [9.17, 15) is 4.79 Å². The van der Waals surface area contributed by atoms with Crippen molar-refractivity contribution >= 4 is 11.9 Å². The number of anilines is 1. The van der Waals surface area contributed by atoms with Gasteiger partial charge >= 0.3 is 5.97 Å². The highest BCUT2D eigenvalue weighted by atomic mass is 16.5. The SMILES string of the molecule is CCC(=O)OCc1ccc(-c2ccnc(NC3CC(C)(C)NC(C)(C)C3)n2)cc1. The molecular weight excluding hydrogens is 364 g/mol. The standard InChI is InChI=1S/C23H32N4O2/c1-6-20(28)29-15-16-7-9-17(10-8-16)19-11-12-24-21(26-19)25-18-13-22(2,3)27-23(4,5)14-18/h7-12,18,27H,6,13-15H2,1-5H3,(H,24,25,26). The Bertz CT molecular complexity index is 830. The highest BCUT2D eigenvalue weighted by Gasteiger charge is 2.37. The van der Waals surface area contributed by atoms with Crippen LogP contribution in [0.1, 0.15) is 59.4 Å². The minimum absolute atomic E-state index is 0.0636. The number of piperidine rings is 1. The Morgan fingerprint density at radius 1 is 1.14 bits per heavy atom. The lowest BCUT2D eigenvalue weighted by molar-refractivity contribution is -0.144. The molecule has 156 valence electrons. The largest absolute Gasteiger partial charge is 0.461 e. The van der Waals surface area contributed by atoms with Crippen molar-refractivity contribution < 1.29 is 9.53 Å². The van der Waals surface area contributed by atoms with Crippen LogP contribution in [0, 0.1) is 0 Å².